The number of hydrogen-bond donors (Lipinski definition) is 1. The highest BCUT2D eigenvalue weighted by Gasteiger charge is 2.31. The van der Waals surface area contributed by atoms with E-state index in [9.17, 15) is 22.8 Å². The molecule has 1 N–H and O–H groups in total. The number of anilines is 2. The number of rotatable bonds is 8. The summed E-state index contributed by atoms with van der Waals surface area (Å²) in [7, 11) is 1.56. The van der Waals surface area contributed by atoms with Gasteiger partial charge in [0.1, 0.15) is 11.5 Å². The number of nitrogens with one attached hydrogen (secondary N) is 1. The smallest absolute Gasteiger partial charge is 0.497 e. The lowest BCUT2D eigenvalue weighted by Crippen LogP contribution is -2.49. The summed E-state index contributed by atoms with van der Waals surface area (Å²) < 4.78 is 46.4. The van der Waals surface area contributed by atoms with Crippen LogP contribution in [0.5, 0.6) is 11.5 Å². The van der Waals surface area contributed by atoms with Gasteiger partial charge in [0.15, 0.2) is 0 Å². The molecule has 1 saturated heterocycles. The minimum absolute atomic E-state index is 0.138. The first-order valence-corrected chi connectivity index (χ1v) is 12.1. The zero-order valence-electron chi connectivity index (χ0n) is 21.0. The minimum atomic E-state index is -4.76. The summed E-state index contributed by atoms with van der Waals surface area (Å²) in [6.45, 7) is 3.10. The molecule has 3 amide bonds. The Labute approximate surface area is 218 Å². The maximum atomic E-state index is 13.4. The number of benzene rings is 3. The number of urea groups is 1. The normalized spacial score (nSPS) is 13.9. The fraction of sp³-hybridized carbons (Fsp3) is 0.286. The third kappa shape index (κ3) is 6.96. The largest absolute Gasteiger partial charge is 0.573 e. The van der Waals surface area contributed by atoms with E-state index in [1.807, 2.05) is 31.2 Å². The van der Waals surface area contributed by atoms with Crippen molar-refractivity contribution in [2.75, 3.05) is 30.4 Å². The van der Waals surface area contributed by atoms with Crippen LogP contribution in [0.15, 0.2) is 66.7 Å². The predicted octanol–water partition coefficient (Wildman–Crippen LogP) is 5.92. The van der Waals surface area contributed by atoms with E-state index in [0.29, 0.717) is 42.2 Å². The molecule has 7 nitrogen and oxygen atoms in total. The summed E-state index contributed by atoms with van der Waals surface area (Å²) in [4.78, 5) is 29.5. The average Bonchev–Trinajstić information content (AvgIpc) is 2.86. The second-order valence-corrected chi connectivity index (χ2v) is 9.00. The van der Waals surface area contributed by atoms with Gasteiger partial charge < -0.3 is 19.7 Å². The molecule has 200 valence electrons. The zero-order chi connectivity index (χ0) is 27.3. The Balaban J connectivity index is 1.47. The van der Waals surface area contributed by atoms with Gasteiger partial charge in [0.05, 0.1) is 24.9 Å². The second kappa shape index (κ2) is 11.5. The average molecular weight is 528 g/mol. The molecule has 3 aromatic rings. The summed E-state index contributed by atoms with van der Waals surface area (Å²) in [6, 6.07) is 18.0. The van der Waals surface area contributed by atoms with Gasteiger partial charge in [0.25, 0.3) is 0 Å². The molecule has 0 spiro atoms. The number of carbonyl (C=O) groups excluding carboxylic acids is 2. The van der Waals surface area contributed by atoms with Crippen LogP contribution in [0.3, 0.4) is 0 Å². The third-order valence-electron chi connectivity index (χ3n) is 6.06. The number of ether oxygens (including phenoxy) is 2. The summed E-state index contributed by atoms with van der Waals surface area (Å²) >= 11 is 0. The van der Waals surface area contributed by atoms with E-state index in [-0.39, 0.29) is 30.7 Å². The first kappa shape index (κ1) is 26.8. The first-order valence-electron chi connectivity index (χ1n) is 12.1. The van der Waals surface area contributed by atoms with Crippen molar-refractivity contribution in [3.05, 3.63) is 83.4 Å². The first-order chi connectivity index (χ1) is 18.1. The van der Waals surface area contributed by atoms with E-state index in [1.165, 1.54) is 24.3 Å². The van der Waals surface area contributed by atoms with Crippen molar-refractivity contribution in [2.24, 2.45) is 0 Å². The van der Waals surface area contributed by atoms with Crippen LogP contribution in [0.25, 0.3) is 0 Å². The Morgan fingerprint density at radius 3 is 2.45 bits per heavy atom. The van der Waals surface area contributed by atoms with Crippen LogP contribution in [0, 0.1) is 6.92 Å². The molecule has 0 saturated carbocycles. The lowest BCUT2D eigenvalue weighted by atomic mass is 10.1. The van der Waals surface area contributed by atoms with Gasteiger partial charge in [-0.15, -0.1) is 13.2 Å². The molecule has 1 aliphatic rings. The molecule has 0 atom stereocenters. The van der Waals surface area contributed by atoms with E-state index in [0.717, 1.165) is 11.1 Å². The molecule has 38 heavy (non-hydrogen) atoms. The standard InChI is InChI=1S/C28H28F3N3O4/c1-19-7-12-25(24(15-19)32-26(35)17-21-5-3-6-23(16-21)37-2)34-14-4-13-33(27(34)36)18-20-8-10-22(11-9-20)38-28(29,30)31/h3,5-12,15-16H,4,13-14,17-18H2,1-2H3,(H,32,35). The molecule has 1 heterocycles. The molecule has 4 rings (SSSR count). The van der Waals surface area contributed by atoms with Gasteiger partial charge in [0, 0.05) is 19.6 Å². The molecule has 0 aliphatic carbocycles. The van der Waals surface area contributed by atoms with Gasteiger partial charge >= 0.3 is 12.4 Å². The maximum absolute atomic E-state index is 13.4. The van der Waals surface area contributed by atoms with Gasteiger partial charge in [-0.2, -0.15) is 0 Å². The number of halogens is 3. The second-order valence-electron chi connectivity index (χ2n) is 9.00. The van der Waals surface area contributed by atoms with Crippen LogP contribution in [0.4, 0.5) is 29.3 Å². The summed E-state index contributed by atoms with van der Waals surface area (Å²) in [6.07, 6.45) is -3.94. The van der Waals surface area contributed by atoms with Crippen LogP contribution >= 0.6 is 0 Å². The summed E-state index contributed by atoms with van der Waals surface area (Å²) in [5.41, 5.74) is 3.50. The minimum Gasteiger partial charge on any atom is -0.497 e. The number of carbonyl (C=O) groups is 2. The Hall–Kier alpha value is -4.21. The van der Waals surface area contributed by atoms with Crippen molar-refractivity contribution in [1.29, 1.82) is 0 Å². The zero-order valence-corrected chi connectivity index (χ0v) is 21.0. The molecule has 1 fully saturated rings. The van der Waals surface area contributed by atoms with E-state index >= 15 is 0 Å². The molecule has 0 radical (unpaired) electrons. The fourth-order valence-corrected chi connectivity index (χ4v) is 4.32. The van der Waals surface area contributed by atoms with E-state index in [2.05, 4.69) is 10.1 Å². The van der Waals surface area contributed by atoms with Crippen LogP contribution in [-0.2, 0) is 17.8 Å². The number of nitrogens with zero attached hydrogens (tertiary/aromatic N) is 2. The molecule has 10 heteroatoms. The monoisotopic (exact) mass is 527 g/mol. The molecule has 1 aliphatic heterocycles. The van der Waals surface area contributed by atoms with Crippen molar-refractivity contribution >= 4 is 23.3 Å². The topological polar surface area (TPSA) is 71.1 Å². The van der Waals surface area contributed by atoms with Crippen molar-refractivity contribution in [1.82, 2.24) is 4.90 Å². The molecular formula is C28H28F3N3O4. The number of alkyl halides is 3. The van der Waals surface area contributed by atoms with Crippen LogP contribution in [-0.4, -0.2) is 43.4 Å². The van der Waals surface area contributed by atoms with Crippen molar-refractivity contribution < 1.29 is 32.2 Å². The van der Waals surface area contributed by atoms with Gasteiger partial charge in [-0.25, -0.2) is 4.79 Å². The number of methoxy groups -OCH3 is 1. The Kier molecular flexibility index (Phi) is 8.09. The SMILES string of the molecule is COc1cccc(CC(=O)Nc2cc(C)ccc2N2CCCN(Cc3ccc(OC(F)(F)F)cc3)C2=O)c1. The van der Waals surface area contributed by atoms with Crippen LogP contribution < -0.4 is 19.7 Å². The quantitative estimate of drug-likeness (QED) is 0.395. The number of aryl methyl sites for hydroxylation is 1. The highest BCUT2D eigenvalue weighted by molar-refractivity contribution is 6.01. The predicted molar refractivity (Wildman–Crippen MR) is 137 cm³/mol. The van der Waals surface area contributed by atoms with Gasteiger partial charge in [-0.1, -0.05) is 30.3 Å². The van der Waals surface area contributed by atoms with Crippen LogP contribution in [0.1, 0.15) is 23.1 Å². The number of hydrogen-bond acceptors (Lipinski definition) is 4. The molecule has 0 unspecified atom stereocenters. The third-order valence-corrected chi connectivity index (χ3v) is 6.06. The van der Waals surface area contributed by atoms with Gasteiger partial charge in [-0.3, -0.25) is 9.69 Å². The van der Waals surface area contributed by atoms with Crippen molar-refractivity contribution in [3.8, 4) is 11.5 Å². The van der Waals surface area contributed by atoms with Gasteiger partial charge in [0.2, 0.25) is 5.91 Å². The van der Waals surface area contributed by atoms with E-state index in [4.69, 9.17) is 4.74 Å². The number of amides is 3. The van der Waals surface area contributed by atoms with Crippen molar-refractivity contribution in [3.63, 3.8) is 0 Å². The lowest BCUT2D eigenvalue weighted by Gasteiger charge is -2.36. The van der Waals surface area contributed by atoms with Crippen LogP contribution in [0.2, 0.25) is 0 Å². The molecular weight excluding hydrogens is 499 g/mol. The van der Waals surface area contributed by atoms with Gasteiger partial charge in [-0.05, 0) is 66.4 Å². The Morgan fingerprint density at radius 1 is 0.974 bits per heavy atom. The molecule has 0 aromatic heterocycles. The fourth-order valence-electron chi connectivity index (χ4n) is 4.32. The van der Waals surface area contributed by atoms with E-state index in [1.54, 1.807) is 35.1 Å². The Morgan fingerprint density at radius 2 is 1.74 bits per heavy atom. The van der Waals surface area contributed by atoms with E-state index < -0.39 is 6.36 Å². The van der Waals surface area contributed by atoms with Crippen molar-refractivity contribution in [2.45, 2.75) is 32.7 Å². The molecule has 3 aromatic carbocycles. The molecule has 0 bridgehead atoms. The lowest BCUT2D eigenvalue weighted by molar-refractivity contribution is -0.274. The highest BCUT2D eigenvalue weighted by Crippen LogP contribution is 2.31. The summed E-state index contributed by atoms with van der Waals surface area (Å²) in [5, 5.41) is 2.95. The Bertz CT molecular complexity index is 1300. The highest BCUT2D eigenvalue weighted by atomic mass is 19.4. The maximum Gasteiger partial charge on any atom is 0.573 e. The summed E-state index contributed by atoms with van der Waals surface area (Å²) in [5.74, 6) is 0.113.